The summed E-state index contributed by atoms with van der Waals surface area (Å²) in [6.07, 6.45) is -1.64. The lowest BCUT2D eigenvalue weighted by Crippen LogP contribution is -2.33. The highest BCUT2D eigenvalue weighted by Gasteiger charge is 2.60. The van der Waals surface area contributed by atoms with Crippen molar-refractivity contribution in [1.82, 2.24) is 0 Å². The van der Waals surface area contributed by atoms with Crippen LogP contribution >= 0.6 is 0 Å². The fraction of sp³-hybridized carbons (Fsp3) is 0.308. The van der Waals surface area contributed by atoms with E-state index in [-0.39, 0.29) is 46.7 Å². The van der Waals surface area contributed by atoms with Crippen LogP contribution in [0.25, 0.3) is 0 Å². The van der Waals surface area contributed by atoms with Gasteiger partial charge in [0.15, 0.2) is 6.61 Å². The van der Waals surface area contributed by atoms with Crippen molar-refractivity contribution in [3.63, 3.8) is 0 Å². The van der Waals surface area contributed by atoms with Crippen molar-refractivity contribution >= 4 is 35.1 Å². The molecular formula is C26H21F3N2O5. The van der Waals surface area contributed by atoms with Crippen LogP contribution in [0.15, 0.2) is 60.2 Å². The second-order valence-corrected chi connectivity index (χ2v) is 9.23. The Balaban J connectivity index is 1.19. The maximum Gasteiger partial charge on any atom is 0.416 e. The number of fused-ring (bicyclic) bond motifs is 5. The van der Waals surface area contributed by atoms with E-state index < -0.39 is 30.2 Å². The molecule has 1 heterocycles. The van der Waals surface area contributed by atoms with Gasteiger partial charge in [-0.3, -0.25) is 19.3 Å². The first-order valence-electron chi connectivity index (χ1n) is 11.3. The molecule has 0 spiro atoms. The van der Waals surface area contributed by atoms with Crippen molar-refractivity contribution in [3.05, 3.63) is 71.3 Å². The number of alkyl halides is 3. The van der Waals surface area contributed by atoms with Gasteiger partial charge in [-0.25, -0.2) is 4.79 Å². The maximum atomic E-state index is 13.0. The summed E-state index contributed by atoms with van der Waals surface area (Å²) in [5, 5.41) is 2.25. The molecule has 2 aliphatic carbocycles. The average molecular weight is 498 g/mol. The summed E-state index contributed by atoms with van der Waals surface area (Å²) < 4.78 is 43.4. The van der Waals surface area contributed by atoms with E-state index in [1.807, 2.05) is 6.92 Å². The molecule has 2 aromatic carbocycles. The van der Waals surface area contributed by atoms with E-state index in [0.717, 1.165) is 30.2 Å². The second kappa shape index (κ2) is 8.61. The Morgan fingerprint density at radius 2 is 1.75 bits per heavy atom. The monoisotopic (exact) mass is 498 g/mol. The highest BCUT2D eigenvalue weighted by Crippen LogP contribution is 2.55. The van der Waals surface area contributed by atoms with Crippen molar-refractivity contribution in [2.24, 2.45) is 23.7 Å². The van der Waals surface area contributed by atoms with Gasteiger partial charge in [0.05, 0.1) is 28.7 Å². The number of halogens is 3. The van der Waals surface area contributed by atoms with Gasteiger partial charge in [0.2, 0.25) is 11.8 Å². The van der Waals surface area contributed by atoms with Crippen LogP contribution in [0.1, 0.15) is 29.3 Å². The van der Waals surface area contributed by atoms with Gasteiger partial charge in [0.1, 0.15) is 0 Å². The molecule has 10 heteroatoms. The third-order valence-corrected chi connectivity index (χ3v) is 7.05. The number of allylic oxidation sites excluding steroid dienone is 2. The minimum Gasteiger partial charge on any atom is -0.452 e. The number of ether oxygens (including phenoxy) is 1. The van der Waals surface area contributed by atoms with E-state index in [9.17, 15) is 32.3 Å². The second-order valence-electron chi connectivity index (χ2n) is 9.23. The number of hydrogen-bond acceptors (Lipinski definition) is 5. The number of benzene rings is 2. The van der Waals surface area contributed by atoms with Crippen LogP contribution in [-0.4, -0.2) is 30.3 Å². The summed E-state index contributed by atoms with van der Waals surface area (Å²) in [5.41, 5.74) is 0.589. The van der Waals surface area contributed by atoms with Crippen molar-refractivity contribution in [2.45, 2.75) is 19.5 Å². The summed E-state index contributed by atoms with van der Waals surface area (Å²) in [6.45, 7) is 1.28. The predicted octanol–water partition coefficient (Wildman–Crippen LogP) is 4.20. The van der Waals surface area contributed by atoms with E-state index >= 15 is 0 Å². The van der Waals surface area contributed by atoms with E-state index in [0.29, 0.717) is 5.69 Å². The van der Waals surface area contributed by atoms with Gasteiger partial charge in [0, 0.05) is 5.69 Å². The Morgan fingerprint density at radius 1 is 1.06 bits per heavy atom. The summed E-state index contributed by atoms with van der Waals surface area (Å²) >= 11 is 0. The van der Waals surface area contributed by atoms with Crippen LogP contribution in [-0.2, 0) is 25.3 Å². The molecule has 5 rings (SSSR count). The number of esters is 1. The molecule has 3 aliphatic rings. The number of amides is 3. The molecule has 4 atom stereocenters. The van der Waals surface area contributed by atoms with Gasteiger partial charge in [0.25, 0.3) is 5.91 Å². The van der Waals surface area contributed by atoms with Gasteiger partial charge in [-0.2, -0.15) is 13.2 Å². The third-order valence-electron chi connectivity index (χ3n) is 7.05. The molecule has 2 aromatic rings. The lowest BCUT2D eigenvalue weighted by Gasteiger charge is -2.19. The lowest BCUT2D eigenvalue weighted by atomic mass is 9.82. The molecule has 0 aromatic heterocycles. The fourth-order valence-corrected chi connectivity index (χ4v) is 5.46. The smallest absolute Gasteiger partial charge is 0.416 e. The van der Waals surface area contributed by atoms with Gasteiger partial charge in [-0.1, -0.05) is 17.7 Å². The van der Waals surface area contributed by atoms with Crippen molar-refractivity contribution < 1.29 is 37.1 Å². The summed E-state index contributed by atoms with van der Waals surface area (Å²) in [6, 6.07) is 9.79. The third kappa shape index (κ3) is 4.06. The number of nitrogens with zero attached hydrogens (tertiary/aromatic N) is 1. The van der Waals surface area contributed by atoms with E-state index in [1.165, 1.54) is 35.2 Å². The minimum absolute atomic E-state index is 0.0813. The van der Waals surface area contributed by atoms with Crippen LogP contribution in [0.3, 0.4) is 0 Å². The molecular weight excluding hydrogens is 477 g/mol. The summed E-state index contributed by atoms with van der Waals surface area (Å²) in [7, 11) is 0. The van der Waals surface area contributed by atoms with E-state index in [2.05, 4.69) is 11.4 Å². The summed E-state index contributed by atoms with van der Waals surface area (Å²) in [4.78, 5) is 51.6. The standard InChI is InChI=1S/C26H21F3N2O5/c1-13-9-15-10-19(13)22-21(15)23(33)31(24(22)34)18-7-5-14(6-8-18)25(35)36-12-20(32)30-17-4-2-3-16(11-17)26(27,28)29/h2-9,11,15,19,21-22H,10,12H2,1H3,(H,30,32)/t15-,19+,21+,22+/m0/s1. The van der Waals surface area contributed by atoms with Crippen molar-refractivity contribution in [3.8, 4) is 0 Å². The highest BCUT2D eigenvalue weighted by molar-refractivity contribution is 6.23. The number of nitrogens with one attached hydrogen (secondary N) is 1. The van der Waals surface area contributed by atoms with E-state index in [1.54, 1.807) is 0 Å². The maximum absolute atomic E-state index is 13.0. The van der Waals surface area contributed by atoms with Gasteiger partial charge >= 0.3 is 12.1 Å². The van der Waals surface area contributed by atoms with Crippen LogP contribution < -0.4 is 10.2 Å². The first-order valence-corrected chi connectivity index (χ1v) is 11.3. The number of carbonyl (C=O) groups excluding carboxylic acids is 4. The predicted molar refractivity (Wildman–Crippen MR) is 122 cm³/mol. The Morgan fingerprint density at radius 3 is 2.44 bits per heavy atom. The molecule has 7 nitrogen and oxygen atoms in total. The molecule has 0 unspecified atom stereocenters. The van der Waals surface area contributed by atoms with Crippen LogP contribution in [0.4, 0.5) is 24.5 Å². The SMILES string of the molecule is CC1=C[C@H]2C[C@H]1[C@H]1C(=O)N(c3ccc(C(=O)OCC(=O)Nc4cccc(C(F)(F)F)c4)cc3)C(=O)[C@@H]12. The normalized spacial score (nSPS) is 24.6. The zero-order valence-corrected chi connectivity index (χ0v) is 19.0. The molecule has 1 saturated heterocycles. The Hall–Kier alpha value is -3.95. The van der Waals surface area contributed by atoms with E-state index in [4.69, 9.17) is 4.74 Å². The van der Waals surface area contributed by atoms with Crippen LogP contribution in [0, 0.1) is 23.7 Å². The van der Waals surface area contributed by atoms with Gasteiger partial charge < -0.3 is 10.1 Å². The molecule has 0 radical (unpaired) electrons. The largest absolute Gasteiger partial charge is 0.452 e. The van der Waals surface area contributed by atoms with Crippen LogP contribution in [0.2, 0.25) is 0 Å². The number of anilines is 2. The first-order chi connectivity index (χ1) is 17.0. The highest BCUT2D eigenvalue weighted by atomic mass is 19.4. The number of rotatable bonds is 5. The number of hydrogen-bond donors (Lipinski definition) is 1. The minimum atomic E-state index is -4.56. The number of imide groups is 1. The molecule has 1 aliphatic heterocycles. The molecule has 2 fully saturated rings. The Kier molecular flexibility index (Phi) is 5.69. The molecule has 1 N–H and O–H groups in total. The first kappa shape index (κ1) is 23.8. The fourth-order valence-electron chi connectivity index (χ4n) is 5.46. The topological polar surface area (TPSA) is 92.8 Å². The van der Waals surface area contributed by atoms with Gasteiger partial charge in [-0.15, -0.1) is 0 Å². The zero-order chi connectivity index (χ0) is 25.8. The Bertz CT molecular complexity index is 1300. The molecule has 2 bridgehead atoms. The summed E-state index contributed by atoms with van der Waals surface area (Å²) in [5.74, 6) is -2.62. The average Bonchev–Trinajstić information content (AvgIpc) is 3.47. The van der Waals surface area contributed by atoms with Gasteiger partial charge in [-0.05, 0) is 67.6 Å². The zero-order valence-electron chi connectivity index (χ0n) is 19.0. The molecule has 3 amide bonds. The lowest BCUT2D eigenvalue weighted by molar-refractivity contribution is -0.137. The van der Waals surface area contributed by atoms with Crippen molar-refractivity contribution in [2.75, 3.05) is 16.8 Å². The van der Waals surface area contributed by atoms with Crippen LogP contribution in [0.5, 0.6) is 0 Å². The number of carbonyl (C=O) groups is 4. The van der Waals surface area contributed by atoms with Crippen molar-refractivity contribution in [1.29, 1.82) is 0 Å². The molecule has 1 saturated carbocycles. The quantitative estimate of drug-likeness (QED) is 0.379. The molecule has 36 heavy (non-hydrogen) atoms. The Labute approximate surface area is 203 Å². The molecule has 186 valence electrons.